The summed E-state index contributed by atoms with van der Waals surface area (Å²) in [6, 6.07) is 3.31. The summed E-state index contributed by atoms with van der Waals surface area (Å²) in [4.78, 5) is 3.18. The smallest absolute Gasteiger partial charge is 0.250 e. The second-order valence-corrected chi connectivity index (χ2v) is 8.06. The van der Waals surface area contributed by atoms with Gasteiger partial charge in [-0.05, 0) is 45.0 Å². The van der Waals surface area contributed by atoms with E-state index in [1.807, 2.05) is 6.92 Å². The number of rotatable bonds is 6. The first-order valence-electron chi connectivity index (χ1n) is 6.55. The number of nitrogens with two attached hydrogens (primary N) is 1. The van der Waals surface area contributed by atoms with Crippen LogP contribution in [0.2, 0.25) is 0 Å². The van der Waals surface area contributed by atoms with Gasteiger partial charge in [0.25, 0.3) is 0 Å². The molecule has 0 spiro atoms. The zero-order chi connectivity index (χ0) is 13.9. The average molecular weight is 303 g/mol. The Morgan fingerprint density at radius 1 is 1.42 bits per heavy atom. The highest BCUT2D eigenvalue weighted by Crippen LogP contribution is 2.21. The van der Waals surface area contributed by atoms with Crippen LogP contribution in [-0.4, -0.2) is 39.0 Å². The fraction of sp³-hybridized carbons (Fsp3) is 0.667. The van der Waals surface area contributed by atoms with Crippen LogP contribution in [0, 0.1) is 0 Å². The lowest BCUT2D eigenvalue weighted by molar-refractivity contribution is 0.313. The monoisotopic (exact) mass is 303 g/mol. The fourth-order valence-corrected chi connectivity index (χ4v) is 4.81. The lowest BCUT2D eigenvalue weighted by Gasteiger charge is -2.20. The SMILES string of the molecule is CC(CN1CCCC1)NS(=O)(=O)c1ccc(CN)s1. The van der Waals surface area contributed by atoms with Crippen LogP contribution in [0.25, 0.3) is 0 Å². The van der Waals surface area contributed by atoms with E-state index in [2.05, 4.69) is 9.62 Å². The van der Waals surface area contributed by atoms with Crippen molar-refractivity contribution in [2.75, 3.05) is 19.6 Å². The quantitative estimate of drug-likeness (QED) is 0.821. The first-order chi connectivity index (χ1) is 9.01. The Labute approximate surface area is 118 Å². The Balaban J connectivity index is 1.95. The topological polar surface area (TPSA) is 75.4 Å². The molecule has 1 aromatic rings. The van der Waals surface area contributed by atoms with E-state index in [0.29, 0.717) is 10.8 Å². The second kappa shape index (κ2) is 6.32. The van der Waals surface area contributed by atoms with Crippen LogP contribution in [-0.2, 0) is 16.6 Å². The van der Waals surface area contributed by atoms with Gasteiger partial charge in [-0.3, -0.25) is 0 Å². The molecule has 1 aliphatic rings. The Morgan fingerprint density at radius 2 is 2.11 bits per heavy atom. The molecule has 0 aliphatic carbocycles. The van der Waals surface area contributed by atoms with Gasteiger partial charge in [0.1, 0.15) is 4.21 Å². The molecule has 2 rings (SSSR count). The van der Waals surface area contributed by atoms with Gasteiger partial charge in [-0.2, -0.15) is 0 Å². The van der Waals surface area contributed by atoms with Crippen LogP contribution in [0.5, 0.6) is 0 Å². The third-order valence-electron chi connectivity index (χ3n) is 3.19. The molecule has 108 valence electrons. The molecule has 19 heavy (non-hydrogen) atoms. The maximum atomic E-state index is 12.2. The Bertz CT molecular complexity index is 507. The molecule has 1 aliphatic heterocycles. The number of sulfonamides is 1. The molecule has 0 bridgehead atoms. The van der Waals surface area contributed by atoms with Gasteiger partial charge < -0.3 is 10.6 Å². The van der Waals surface area contributed by atoms with Gasteiger partial charge >= 0.3 is 0 Å². The Hall–Kier alpha value is -0.470. The number of likely N-dealkylation sites (tertiary alicyclic amines) is 1. The first-order valence-corrected chi connectivity index (χ1v) is 8.84. The highest BCUT2D eigenvalue weighted by molar-refractivity contribution is 7.91. The van der Waals surface area contributed by atoms with E-state index < -0.39 is 10.0 Å². The molecular formula is C12H21N3O2S2. The van der Waals surface area contributed by atoms with E-state index in [0.717, 1.165) is 24.5 Å². The summed E-state index contributed by atoms with van der Waals surface area (Å²) in [5.41, 5.74) is 5.51. The maximum absolute atomic E-state index is 12.2. The predicted octanol–water partition coefficient (Wildman–Crippen LogP) is 0.969. The summed E-state index contributed by atoms with van der Waals surface area (Å²) in [7, 11) is -3.40. The summed E-state index contributed by atoms with van der Waals surface area (Å²) < 4.78 is 27.5. The van der Waals surface area contributed by atoms with Crippen molar-refractivity contribution in [2.24, 2.45) is 5.73 Å². The number of hydrogen-bond donors (Lipinski definition) is 2. The number of thiophene rings is 1. The van der Waals surface area contributed by atoms with E-state index in [1.54, 1.807) is 12.1 Å². The largest absolute Gasteiger partial charge is 0.326 e. The highest BCUT2D eigenvalue weighted by Gasteiger charge is 2.21. The number of hydrogen-bond acceptors (Lipinski definition) is 5. The number of nitrogens with one attached hydrogen (secondary N) is 1. The molecule has 2 heterocycles. The molecule has 1 unspecified atom stereocenters. The van der Waals surface area contributed by atoms with Crippen molar-refractivity contribution in [3.63, 3.8) is 0 Å². The van der Waals surface area contributed by atoms with E-state index in [1.165, 1.54) is 24.2 Å². The lowest BCUT2D eigenvalue weighted by Crippen LogP contribution is -2.40. The normalized spacial score (nSPS) is 18.8. The van der Waals surface area contributed by atoms with Crippen LogP contribution < -0.4 is 10.5 Å². The van der Waals surface area contributed by atoms with Gasteiger partial charge in [0.15, 0.2) is 0 Å². The van der Waals surface area contributed by atoms with Crippen molar-refractivity contribution in [3.8, 4) is 0 Å². The van der Waals surface area contributed by atoms with Crippen molar-refractivity contribution in [2.45, 2.75) is 36.6 Å². The predicted molar refractivity (Wildman–Crippen MR) is 77.7 cm³/mol. The van der Waals surface area contributed by atoms with Crippen LogP contribution in [0.1, 0.15) is 24.6 Å². The fourth-order valence-electron chi connectivity index (χ4n) is 2.33. The summed E-state index contributed by atoms with van der Waals surface area (Å²) in [6.07, 6.45) is 2.43. The van der Waals surface area contributed by atoms with Crippen LogP contribution in [0.3, 0.4) is 0 Å². The third kappa shape index (κ3) is 4.00. The van der Waals surface area contributed by atoms with Crippen molar-refractivity contribution in [1.82, 2.24) is 9.62 Å². The van der Waals surface area contributed by atoms with Crippen molar-refractivity contribution >= 4 is 21.4 Å². The maximum Gasteiger partial charge on any atom is 0.250 e. The molecule has 3 N–H and O–H groups in total. The van der Waals surface area contributed by atoms with E-state index in [-0.39, 0.29) is 6.04 Å². The second-order valence-electron chi connectivity index (χ2n) is 4.95. The van der Waals surface area contributed by atoms with Crippen molar-refractivity contribution in [3.05, 3.63) is 17.0 Å². The summed E-state index contributed by atoms with van der Waals surface area (Å²) in [5.74, 6) is 0. The molecule has 0 aromatic carbocycles. The van der Waals surface area contributed by atoms with Gasteiger partial charge in [-0.15, -0.1) is 11.3 Å². The zero-order valence-electron chi connectivity index (χ0n) is 11.1. The molecule has 1 atom stereocenters. The summed E-state index contributed by atoms with van der Waals surface area (Å²) in [5, 5.41) is 0. The molecule has 0 saturated carbocycles. The molecule has 0 amide bonds. The van der Waals surface area contributed by atoms with Gasteiger partial charge in [0.2, 0.25) is 10.0 Å². The number of nitrogens with zero attached hydrogens (tertiary/aromatic N) is 1. The molecule has 1 aromatic heterocycles. The average Bonchev–Trinajstić information content (AvgIpc) is 2.97. The minimum Gasteiger partial charge on any atom is -0.326 e. The molecule has 1 saturated heterocycles. The summed E-state index contributed by atoms with van der Waals surface area (Å²) >= 11 is 1.24. The van der Waals surface area contributed by atoms with Gasteiger partial charge in [0, 0.05) is 24.0 Å². The van der Waals surface area contributed by atoms with Gasteiger partial charge in [-0.1, -0.05) is 0 Å². The highest BCUT2D eigenvalue weighted by atomic mass is 32.2. The molecule has 0 radical (unpaired) electrons. The lowest BCUT2D eigenvalue weighted by atomic mass is 10.3. The van der Waals surface area contributed by atoms with Gasteiger partial charge in [-0.25, -0.2) is 13.1 Å². The Morgan fingerprint density at radius 3 is 2.68 bits per heavy atom. The van der Waals surface area contributed by atoms with E-state index >= 15 is 0 Å². The Kier molecular flexibility index (Phi) is 4.97. The molecular weight excluding hydrogens is 282 g/mol. The van der Waals surface area contributed by atoms with Crippen LogP contribution in [0.4, 0.5) is 0 Å². The minimum atomic E-state index is -3.40. The van der Waals surface area contributed by atoms with Crippen molar-refractivity contribution < 1.29 is 8.42 Å². The van der Waals surface area contributed by atoms with Gasteiger partial charge in [0.05, 0.1) is 0 Å². The van der Waals surface area contributed by atoms with E-state index in [4.69, 9.17) is 5.73 Å². The molecule has 1 fully saturated rings. The van der Waals surface area contributed by atoms with Crippen LogP contribution in [0.15, 0.2) is 16.3 Å². The van der Waals surface area contributed by atoms with E-state index in [9.17, 15) is 8.42 Å². The summed E-state index contributed by atoms with van der Waals surface area (Å²) in [6.45, 7) is 5.20. The zero-order valence-corrected chi connectivity index (χ0v) is 12.8. The minimum absolute atomic E-state index is 0.0773. The van der Waals surface area contributed by atoms with Crippen LogP contribution >= 0.6 is 11.3 Å². The standard InChI is InChI=1S/C12H21N3O2S2/c1-10(9-15-6-2-3-7-15)14-19(16,17)12-5-4-11(8-13)18-12/h4-5,10,14H,2-3,6-9,13H2,1H3. The molecule has 7 heteroatoms. The first kappa shape index (κ1) is 14.9. The van der Waals surface area contributed by atoms with Crippen molar-refractivity contribution in [1.29, 1.82) is 0 Å². The molecule has 5 nitrogen and oxygen atoms in total. The third-order valence-corrected chi connectivity index (χ3v) is 6.38.